The molecule has 0 bridgehead atoms. The van der Waals surface area contributed by atoms with Gasteiger partial charge in [-0.15, -0.1) is 0 Å². The fourth-order valence-electron chi connectivity index (χ4n) is 2.62. The highest BCUT2D eigenvalue weighted by atomic mass is 19.4. The summed E-state index contributed by atoms with van der Waals surface area (Å²) >= 11 is 0. The predicted octanol–water partition coefficient (Wildman–Crippen LogP) is 1.82. The number of hydrogen-bond donors (Lipinski definition) is 2. The number of hydrogen-bond acceptors (Lipinski definition) is 3. The van der Waals surface area contributed by atoms with Crippen LogP contribution < -0.4 is 10.6 Å². The summed E-state index contributed by atoms with van der Waals surface area (Å²) in [5.41, 5.74) is -0.0895. The third kappa shape index (κ3) is 4.50. The van der Waals surface area contributed by atoms with Crippen LogP contribution in [0.4, 0.5) is 23.2 Å². The molecule has 0 saturated carbocycles. The molecular formula is C16H17F4N3O3. The Morgan fingerprint density at radius 2 is 1.88 bits per heavy atom. The lowest BCUT2D eigenvalue weighted by Gasteiger charge is -2.26. The molecule has 6 nitrogen and oxygen atoms in total. The number of anilines is 1. The summed E-state index contributed by atoms with van der Waals surface area (Å²) in [6, 6.07) is 2.96. The first kappa shape index (κ1) is 19.7. The van der Waals surface area contributed by atoms with E-state index >= 15 is 0 Å². The maximum Gasteiger partial charge on any atom is 0.471 e. The van der Waals surface area contributed by atoms with Crippen molar-refractivity contribution in [3.8, 4) is 0 Å². The zero-order valence-electron chi connectivity index (χ0n) is 13.8. The average molecular weight is 375 g/mol. The van der Waals surface area contributed by atoms with Crippen LogP contribution in [0.15, 0.2) is 24.3 Å². The number of carbonyl (C=O) groups excluding carboxylic acids is 3. The fourth-order valence-corrected chi connectivity index (χ4v) is 2.62. The molecule has 0 radical (unpaired) electrons. The molecule has 0 aromatic heterocycles. The number of rotatable bonds is 4. The van der Waals surface area contributed by atoms with Crippen molar-refractivity contribution in [2.45, 2.75) is 38.0 Å². The Kier molecular flexibility index (Phi) is 5.83. The van der Waals surface area contributed by atoms with Gasteiger partial charge in [0, 0.05) is 6.54 Å². The highest BCUT2D eigenvalue weighted by molar-refractivity contribution is 5.98. The van der Waals surface area contributed by atoms with Gasteiger partial charge in [-0.1, -0.05) is 12.1 Å². The van der Waals surface area contributed by atoms with Crippen molar-refractivity contribution < 1.29 is 31.9 Å². The molecule has 0 aliphatic carbocycles. The lowest BCUT2D eigenvalue weighted by atomic mass is 10.2. The van der Waals surface area contributed by atoms with E-state index in [2.05, 4.69) is 10.6 Å². The molecule has 2 unspecified atom stereocenters. The van der Waals surface area contributed by atoms with Crippen molar-refractivity contribution >= 4 is 23.4 Å². The first-order valence-electron chi connectivity index (χ1n) is 7.85. The van der Waals surface area contributed by atoms with E-state index in [0.717, 1.165) is 6.07 Å². The van der Waals surface area contributed by atoms with E-state index < -0.39 is 41.8 Å². The summed E-state index contributed by atoms with van der Waals surface area (Å²) < 4.78 is 51.3. The Bertz CT molecular complexity index is 708. The Hall–Kier alpha value is -2.65. The van der Waals surface area contributed by atoms with Gasteiger partial charge in [-0.2, -0.15) is 13.2 Å². The molecule has 1 aromatic carbocycles. The third-order valence-corrected chi connectivity index (χ3v) is 3.94. The molecule has 3 amide bonds. The van der Waals surface area contributed by atoms with Gasteiger partial charge in [0.05, 0.1) is 5.69 Å². The van der Waals surface area contributed by atoms with Gasteiger partial charge in [0.25, 0.3) is 0 Å². The van der Waals surface area contributed by atoms with Crippen molar-refractivity contribution in [1.82, 2.24) is 10.2 Å². The number of likely N-dealkylation sites (tertiary alicyclic amines) is 1. The normalized spacial score (nSPS) is 18.3. The standard InChI is InChI=1S/C16H17F4N3O3/c1-9(13(24)22-11-6-3-2-5-10(11)17)21-14(25)12-7-4-8-23(12)15(26)16(18,19)20/h2-3,5-6,9,12H,4,7-8H2,1H3,(H,21,25)(H,22,24). The van der Waals surface area contributed by atoms with E-state index in [-0.39, 0.29) is 25.1 Å². The number of nitrogens with one attached hydrogen (secondary N) is 2. The molecule has 1 aliphatic heterocycles. The fraction of sp³-hybridized carbons (Fsp3) is 0.438. The maximum atomic E-state index is 13.5. The van der Waals surface area contributed by atoms with Crippen LogP contribution >= 0.6 is 0 Å². The first-order chi connectivity index (χ1) is 12.1. The van der Waals surface area contributed by atoms with E-state index in [0.29, 0.717) is 4.90 Å². The SMILES string of the molecule is CC(NC(=O)C1CCCN1C(=O)C(F)(F)F)C(=O)Nc1ccccc1F. The predicted molar refractivity (Wildman–Crippen MR) is 83.4 cm³/mol. The number of carbonyl (C=O) groups is 3. The van der Waals surface area contributed by atoms with E-state index in [1.807, 2.05) is 0 Å². The molecule has 0 spiro atoms. The highest BCUT2D eigenvalue weighted by Gasteiger charge is 2.47. The highest BCUT2D eigenvalue weighted by Crippen LogP contribution is 2.25. The van der Waals surface area contributed by atoms with E-state index in [1.54, 1.807) is 0 Å². The quantitative estimate of drug-likeness (QED) is 0.788. The first-order valence-corrected chi connectivity index (χ1v) is 7.85. The average Bonchev–Trinajstić information content (AvgIpc) is 3.04. The van der Waals surface area contributed by atoms with Gasteiger partial charge < -0.3 is 15.5 Å². The monoisotopic (exact) mass is 375 g/mol. The van der Waals surface area contributed by atoms with Crippen molar-refractivity contribution in [1.29, 1.82) is 0 Å². The van der Waals surface area contributed by atoms with Crippen molar-refractivity contribution in [3.63, 3.8) is 0 Å². The molecule has 1 aliphatic rings. The van der Waals surface area contributed by atoms with Gasteiger partial charge in [0.15, 0.2) is 0 Å². The van der Waals surface area contributed by atoms with Crippen LogP contribution in [-0.2, 0) is 14.4 Å². The second-order valence-electron chi connectivity index (χ2n) is 5.85. The smallest absolute Gasteiger partial charge is 0.343 e. The minimum absolute atomic E-state index is 0.0648. The molecule has 1 aromatic rings. The van der Waals surface area contributed by atoms with Crippen LogP contribution in [0, 0.1) is 5.82 Å². The number of nitrogens with zero attached hydrogens (tertiary/aromatic N) is 1. The van der Waals surface area contributed by atoms with Gasteiger partial charge in [0.2, 0.25) is 11.8 Å². The van der Waals surface area contributed by atoms with Gasteiger partial charge >= 0.3 is 12.1 Å². The van der Waals surface area contributed by atoms with Crippen molar-refractivity contribution in [2.24, 2.45) is 0 Å². The zero-order valence-corrected chi connectivity index (χ0v) is 13.8. The van der Waals surface area contributed by atoms with E-state index in [4.69, 9.17) is 0 Å². The topological polar surface area (TPSA) is 78.5 Å². The summed E-state index contributed by atoms with van der Waals surface area (Å²) in [4.78, 5) is 36.1. The lowest BCUT2D eigenvalue weighted by Crippen LogP contribution is -2.53. The molecule has 2 rings (SSSR count). The summed E-state index contributed by atoms with van der Waals surface area (Å²) in [7, 11) is 0. The van der Waals surface area contributed by atoms with Crippen LogP contribution in [0.3, 0.4) is 0 Å². The Morgan fingerprint density at radius 1 is 1.23 bits per heavy atom. The summed E-state index contributed by atoms with van der Waals surface area (Å²) in [5, 5.41) is 4.54. The summed E-state index contributed by atoms with van der Waals surface area (Å²) in [5.74, 6) is -4.36. The number of halogens is 4. The second-order valence-corrected chi connectivity index (χ2v) is 5.85. The second kappa shape index (κ2) is 7.71. The number of alkyl halides is 3. The molecule has 2 atom stereocenters. The number of para-hydroxylation sites is 1. The minimum atomic E-state index is -5.07. The maximum absolute atomic E-state index is 13.5. The molecule has 1 saturated heterocycles. The van der Waals surface area contributed by atoms with E-state index in [1.165, 1.54) is 25.1 Å². The zero-order chi connectivity index (χ0) is 19.5. The van der Waals surface area contributed by atoms with Gasteiger partial charge in [-0.05, 0) is 31.9 Å². The largest absolute Gasteiger partial charge is 0.471 e. The van der Waals surface area contributed by atoms with Crippen LogP contribution in [0.1, 0.15) is 19.8 Å². The Balaban J connectivity index is 1.98. The van der Waals surface area contributed by atoms with Crippen molar-refractivity contribution in [3.05, 3.63) is 30.1 Å². The van der Waals surface area contributed by atoms with Gasteiger partial charge in [-0.25, -0.2) is 4.39 Å². The molecular weight excluding hydrogens is 358 g/mol. The molecule has 1 fully saturated rings. The molecule has 142 valence electrons. The number of benzene rings is 1. The Labute approximate surface area is 146 Å². The van der Waals surface area contributed by atoms with Crippen LogP contribution in [0.2, 0.25) is 0 Å². The van der Waals surface area contributed by atoms with Crippen molar-refractivity contribution in [2.75, 3.05) is 11.9 Å². The lowest BCUT2D eigenvalue weighted by molar-refractivity contribution is -0.186. The molecule has 2 N–H and O–H groups in total. The number of amides is 3. The summed E-state index contributed by atoms with van der Waals surface area (Å²) in [6.07, 6.45) is -4.76. The van der Waals surface area contributed by atoms with Crippen LogP contribution in [0.5, 0.6) is 0 Å². The third-order valence-electron chi connectivity index (χ3n) is 3.94. The molecule has 10 heteroatoms. The molecule has 1 heterocycles. The van der Waals surface area contributed by atoms with E-state index in [9.17, 15) is 31.9 Å². The van der Waals surface area contributed by atoms with Crippen LogP contribution in [-0.4, -0.2) is 47.4 Å². The Morgan fingerprint density at radius 3 is 2.50 bits per heavy atom. The van der Waals surface area contributed by atoms with Crippen LogP contribution in [0.25, 0.3) is 0 Å². The summed E-state index contributed by atoms with van der Waals surface area (Å²) in [6.45, 7) is 1.12. The van der Waals surface area contributed by atoms with Gasteiger partial charge in [0.1, 0.15) is 17.9 Å². The van der Waals surface area contributed by atoms with Gasteiger partial charge in [-0.3, -0.25) is 14.4 Å². The molecule has 26 heavy (non-hydrogen) atoms. The minimum Gasteiger partial charge on any atom is -0.343 e.